The number of carbonyl (C=O) groups is 1. The summed E-state index contributed by atoms with van der Waals surface area (Å²) in [6.07, 6.45) is 4.53. The first-order chi connectivity index (χ1) is 15.6. The van der Waals surface area contributed by atoms with Gasteiger partial charge in [-0.1, -0.05) is 18.7 Å². The van der Waals surface area contributed by atoms with E-state index in [1.807, 2.05) is 48.3 Å². The van der Waals surface area contributed by atoms with Gasteiger partial charge in [0.1, 0.15) is 18.2 Å². The Balaban J connectivity index is 1.49. The number of carbonyl (C=O) groups excluding carboxylic acids is 1. The van der Waals surface area contributed by atoms with Crippen LogP contribution in [0.4, 0.5) is 11.5 Å². The molecule has 1 aliphatic heterocycles. The smallest absolute Gasteiger partial charge is 0.246 e. The number of likely N-dealkylation sites (tertiary alicyclic amines) is 1. The predicted octanol–water partition coefficient (Wildman–Crippen LogP) is 3.04. The lowest BCUT2D eigenvalue weighted by atomic mass is 10.1. The summed E-state index contributed by atoms with van der Waals surface area (Å²) in [6, 6.07) is 9.67. The number of nitrogens with one attached hydrogen (secondary N) is 1. The van der Waals surface area contributed by atoms with Gasteiger partial charge in [-0.25, -0.2) is 9.97 Å². The fourth-order valence-electron chi connectivity index (χ4n) is 3.88. The largest absolute Gasteiger partial charge is 0.493 e. The number of rotatable bonds is 6. The number of methoxy groups -OCH3 is 1. The summed E-state index contributed by atoms with van der Waals surface area (Å²) in [5.74, 6) is 1.70. The van der Waals surface area contributed by atoms with Crippen LogP contribution in [0.5, 0.6) is 11.5 Å². The number of para-hydroxylation sites is 1. The quantitative estimate of drug-likeness (QED) is 0.470. The third kappa shape index (κ3) is 3.37. The van der Waals surface area contributed by atoms with Crippen LogP contribution in [0, 0.1) is 0 Å². The van der Waals surface area contributed by atoms with E-state index in [0.717, 1.165) is 27.5 Å². The normalized spacial score (nSPS) is 13.8. The Morgan fingerprint density at radius 2 is 2.09 bits per heavy atom. The standard InChI is InChI=1S/C23H22N6O3/c1-4-21(30)29-11-15(12-29)32-20-8-16-18(9-19(20)31-3)24-13-25-23(16)27-17-7-5-6-14-10-26-28(2)22(14)17/h4-10,13,15H,1,11-12H2,2-3H3,(H,24,25,27). The van der Waals surface area contributed by atoms with E-state index in [1.165, 1.54) is 12.4 Å². The number of hydrogen-bond acceptors (Lipinski definition) is 7. The van der Waals surface area contributed by atoms with Crippen molar-refractivity contribution in [1.82, 2.24) is 24.6 Å². The van der Waals surface area contributed by atoms with Crippen molar-refractivity contribution in [2.45, 2.75) is 6.10 Å². The van der Waals surface area contributed by atoms with Crippen molar-refractivity contribution in [2.24, 2.45) is 7.05 Å². The van der Waals surface area contributed by atoms with Gasteiger partial charge < -0.3 is 19.7 Å². The molecule has 0 radical (unpaired) electrons. The van der Waals surface area contributed by atoms with E-state index in [0.29, 0.717) is 30.4 Å². The fraction of sp³-hybridized carbons (Fsp3) is 0.217. The Morgan fingerprint density at radius 1 is 1.25 bits per heavy atom. The molecule has 162 valence electrons. The van der Waals surface area contributed by atoms with E-state index in [1.54, 1.807) is 12.0 Å². The van der Waals surface area contributed by atoms with Crippen LogP contribution in [-0.4, -0.2) is 56.9 Å². The molecule has 0 unspecified atom stereocenters. The number of benzene rings is 2. The van der Waals surface area contributed by atoms with Crippen LogP contribution in [0.3, 0.4) is 0 Å². The average Bonchev–Trinajstić information content (AvgIpc) is 3.17. The van der Waals surface area contributed by atoms with Crippen molar-refractivity contribution in [3.05, 3.63) is 55.5 Å². The summed E-state index contributed by atoms with van der Waals surface area (Å²) < 4.78 is 13.5. The molecule has 32 heavy (non-hydrogen) atoms. The highest BCUT2D eigenvalue weighted by molar-refractivity contribution is 5.97. The van der Waals surface area contributed by atoms with Gasteiger partial charge in [0.05, 0.1) is 43.1 Å². The van der Waals surface area contributed by atoms with E-state index in [4.69, 9.17) is 9.47 Å². The SMILES string of the molecule is C=CC(=O)N1CC(Oc2cc3c(Nc4cccc5cnn(C)c45)ncnc3cc2OC)C1. The number of ether oxygens (including phenoxy) is 2. The summed E-state index contributed by atoms with van der Waals surface area (Å²) in [6.45, 7) is 4.53. The molecule has 4 aromatic rings. The van der Waals surface area contributed by atoms with Crippen molar-refractivity contribution < 1.29 is 14.3 Å². The summed E-state index contributed by atoms with van der Waals surface area (Å²) in [5.41, 5.74) is 2.59. The number of aromatic nitrogens is 4. The maximum Gasteiger partial charge on any atom is 0.246 e. The Morgan fingerprint density at radius 3 is 2.88 bits per heavy atom. The molecule has 0 atom stereocenters. The molecule has 0 aliphatic carbocycles. The number of anilines is 2. The Hall–Kier alpha value is -4.14. The van der Waals surface area contributed by atoms with Crippen molar-refractivity contribution in [3.8, 4) is 11.5 Å². The van der Waals surface area contributed by atoms with Crippen LogP contribution in [0.25, 0.3) is 21.8 Å². The van der Waals surface area contributed by atoms with Gasteiger partial charge in [0, 0.05) is 23.9 Å². The first-order valence-electron chi connectivity index (χ1n) is 10.2. The van der Waals surface area contributed by atoms with Gasteiger partial charge in [-0.05, 0) is 18.2 Å². The first kappa shape index (κ1) is 19.8. The topological polar surface area (TPSA) is 94.4 Å². The van der Waals surface area contributed by atoms with Crippen LogP contribution < -0.4 is 14.8 Å². The highest BCUT2D eigenvalue weighted by Crippen LogP contribution is 2.36. The van der Waals surface area contributed by atoms with E-state index in [-0.39, 0.29) is 12.0 Å². The van der Waals surface area contributed by atoms with Gasteiger partial charge >= 0.3 is 0 Å². The minimum Gasteiger partial charge on any atom is -0.493 e. The molecule has 1 saturated heterocycles. The lowest BCUT2D eigenvalue weighted by Gasteiger charge is -2.38. The van der Waals surface area contributed by atoms with Crippen molar-refractivity contribution in [1.29, 1.82) is 0 Å². The zero-order valence-corrected chi connectivity index (χ0v) is 17.8. The third-order valence-electron chi connectivity index (χ3n) is 5.56. The van der Waals surface area contributed by atoms with E-state index in [9.17, 15) is 4.79 Å². The molecule has 0 saturated carbocycles. The van der Waals surface area contributed by atoms with Gasteiger partial charge in [0.15, 0.2) is 11.5 Å². The number of nitrogens with zero attached hydrogens (tertiary/aromatic N) is 5. The molecular weight excluding hydrogens is 408 g/mol. The molecule has 2 aromatic carbocycles. The molecule has 1 N–H and O–H groups in total. The molecule has 0 bridgehead atoms. The molecule has 3 heterocycles. The van der Waals surface area contributed by atoms with Crippen LogP contribution in [0.2, 0.25) is 0 Å². The summed E-state index contributed by atoms with van der Waals surface area (Å²) in [7, 11) is 3.49. The number of aryl methyl sites for hydroxylation is 1. The summed E-state index contributed by atoms with van der Waals surface area (Å²) in [4.78, 5) is 22.2. The fourth-order valence-corrected chi connectivity index (χ4v) is 3.88. The minimum atomic E-state index is -0.116. The number of amides is 1. The van der Waals surface area contributed by atoms with E-state index >= 15 is 0 Å². The van der Waals surface area contributed by atoms with Gasteiger partial charge in [0.2, 0.25) is 5.91 Å². The molecule has 5 rings (SSSR count). The van der Waals surface area contributed by atoms with Crippen molar-refractivity contribution >= 4 is 39.2 Å². The van der Waals surface area contributed by atoms with Crippen molar-refractivity contribution in [2.75, 3.05) is 25.5 Å². The predicted molar refractivity (Wildman–Crippen MR) is 121 cm³/mol. The van der Waals surface area contributed by atoms with Crippen molar-refractivity contribution in [3.63, 3.8) is 0 Å². The third-order valence-corrected chi connectivity index (χ3v) is 5.56. The van der Waals surface area contributed by atoms with Gasteiger partial charge in [-0.15, -0.1) is 0 Å². The highest BCUT2D eigenvalue weighted by Gasteiger charge is 2.31. The Bertz CT molecular complexity index is 1340. The Labute approximate surface area is 184 Å². The molecular formula is C23H22N6O3. The second kappa shape index (κ2) is 7.84. The molecule has 1 amide bonds. The first-order valence-corrected chi connectivity index (χ1v) is 10.2. The lowest BCUT2D eigenvalue weighted by molar-refractivity contribution is -0.134. The molecule has 9 heteroatoms. The zero-order valence-electron chi connectivity index (χ0n) is 17.8. The summed E-state index contributed by atoms with van der Waals surface area (Å²) in [5, 5.41) is 9.59. The molecule has 9 nitrogen and oxygen atoms in total. The van der Waals surface area contributed by atoms with Crippen LogP contribution in [0.1, 0.15) is 0 Å². The van der Waals surface area contributed by atoms with Crippen LogP contribution >= 0.6 is 0 Å². The van der Waals surface area contributed by atoms with Gasteiger partial charge in [-0.3, -0.25) is 9.48 Å². The zero-order chi connectivity index (χ0) is 22.2. The molecule has 1 fully saturated rings. The van der Waals surface area contributed by atoms with E-state index < -0.39 is 0 Å². The maximum atomic E-state index is 11.7. The lowest BCUT2D eigenvalue weighted by Crippen LogP contribution is -2.55. The minimum absolute atomic E-state index is 0.0976. The van der Waals surface area contributed by atoms with Gasteiger partial charge in [0.25, 0.3) is 0 Å². The molecule has 0 spiro atoms. The Kier molecular flexibility index (Phi) is 4.85. The van der Waals surface area contributed by atoms with Crippen LogP contribution in [-0.2, 0) is 11.8 Å². The molecule has 1 aliphatic rings. The second-order valence-electron chi connectivity index (χ2n) is 7.57. The maximum absolute atomic E-state index is 11.7. The van der Waals surface area contributed by atoms with Crippen LogP contribution in [0.15, 0.2) is 55.5 Å². The average molecular weight is 430 g/mol. The molecule has 2 aromatic heterocycles. The monoisotopic (exact) mass is 430 g/mol. The number of hydrogen-bond donors (Lipinski definition) is 1. The second-order valence-corrected chi connectivity index (χ2v) is 7.57. The van der Waals surface area contributed by atoms with E-state index in [2.05, 4.69) is 27.0 Å². The summed E-state index contributed by atoms with van der Waals surface area (Å²) >= 11 is 0. The van der Waals surface area contributed by atoms with Gasteiger partial charge in [-0.2, -0.15) is 5.10 Å². The highest BCUT2D eigenvalue weighted by atomic mass is 16.5. The number of fused-ring (bicyclic) bond motifs is 2.